The summed E-state index contributed by atoms with van der Waals surface area (Å²) in [6, 6.07) is 25.3. The van der Waals surface area contributed by atoms with Gasteiger partial charge in [-0.25, -0.2) is 4.39 Å². The van der Waals surface area contributed by atoms with Gasteiger partial charge in [-0.05, 0) is 85.6 Å². The molecular formula is C27H21ClFN3O. The fraction of sp³-hybridized carbons (Fsp3) is 0.111. The van der Waals surface area contributed by atoms with Crippen LogP contribution in [0.4, 0.5) is 4.39 Å². The van der Waals surface area contributed by atoms with Gasteiger partial charge in [0.25, 0.3) is 0 Å². The van der Waals surface area contributed by atoms with E-state index in [1.807, 2.05) is 56.3 Å². The first kappa shape index (κ1) is 22.3. The Hall–Kier alpha value is -3.88. The van der Waals surface area contributed by atoms with E-state index in [1.54, 1.807) is 24.3 Å². The third kappa shape index (κ3) is 4.97. The van der Waals surface area contributed by atoms with E-state index in [2.05, 4.69) is 15.8 Å². The van der Waals surface area contributed by atoms with E-state index in [4.69, 9.17) is 21.7 Å². The van der Waals surface area contributed by atoms with Gasteiger partial charge in [0, 0.05) is 22.0 Å². The molecule has 1 aromatic heterocycles. The number of aromatic nitrogens is 1. The zero-order valence-electron chi connectivity index (χ0n) is 18.2. The van der Waals surface area contributed by atoms with Crippen LogP contribution in [0.1, 0.15) is 29.3 Å². The van der Waals surface area contributed by atoms with Crippen molar-refractivity contribution in [3.8, 4) is 23.0 Å². The molecule has 164 valence electrons. The Labute approximate surface area is 197 Å². The average molecular weight is 458 g/mol. The zero-order valence-corrected chi connectivity index (χ0v) is 19.0. The molecule has 0 saturated carbocycles. The Morgan fingerprint density at radius 2 is 1.82 bits per heavy atom. The van der Waals surface area contributed by atoms with Gasteiger partial charge in [-0.1, -0.05) is 35.0 Å². The molecule has 0 N–H and O–H groups in total. The van der Waals surface area contributed by atoms with Crippen molar-refractivity contribution in [2.75, 3.05) is 0 Å². The van der Waals surface area contributed by atoms with Gasteiger partial charge in [-0.3, -0.25) is 0 Å². The van der Waals surface area contributed by atoms with Crippen molar-refractivity contribution in [2.24, 2.45) is 5.16 Å². The Bertz CT molecular complexity index is 1370. The average Bonchev–Trinajstić information content (AvgIpc) is 3.16. The van der Waals surface area contributed by atoms with Crippen molar-refractivity contribution in [1.82, 2.24) is 4.57 Å². The molecule has 3 aromatic carbocycles. The predicted molar refractivity (Wildman–Crippen MR) is 129 cm³/mol. The maximum absolute atomic E-state index is 13.5. The molecule has 0 fully saturated rings. The van der Waals surface area contributed by atoms with Crippen molar-refractivity contribution >= 4 is 17.3 Å². The van der Waals surface area contributed by atoms with E-state index in [0.717, 1.165) is 33.8 Å². The van der Waals surface area contributed by atoms with E-state index >= 15 is 0 Å². The second kappa shape index (κ2) is 9.72. The third-order valence-electron chi connectivity index (χ3n) is 5.33. The van der Waals surface area contributed by atoms with Gasteiger partial charge in [0.2, 0.25) is 0 Å². The minimum absolute atomic E-state index is 0.256. The summed E-state index contributed by atoms with van der Waals surface area (Å²) < 4.78 is 15.6. The van der Waals surface area contributed by atoms with Gasteiger partial charge in [-0.2, -0.15) is 5.26 Å². The van der Waals surface area contributed by atoms with Crippen molar-refractivity contribution < 1.29 is 9.23 Å². The normalized spacial score (nSPS) is 11.3. The van der Waals surface area contributed by atoms with E-state index in [9.17, 15) is 4.39 Å². The van der Waals surface area contributed by atoms with Crippen molar-refractivity contribution in [3.05, 3.63) is 112 Å². The zero-order chi connectivity index (χ0) is 23.4. The van der Waals surface area contributed by atoms with Crippen LogP contribution in [0.5, 0.6) is 0 Å². The predicted octanol–water partition coefficient (Wildman–Crippen LogP) is 7.06. The van der Waals surface area contributed by atoms with E-state index < -0.39 is 0 Å². The second-order valence-electron chi connectivity index (χ2n) is 7.61. The highest BCUT2D eigenvalue weighted by Gasteiger charge is 2.17. The fourth-order valence-electron chi connectivity index (χ4n) is 3.74. The number of rotatable bonds is 6. The molecule has 0 spiro atoms. The van der Waals surface area contributed by atoms with Crippen LogP contribution < -0.4 is 0 Å². The second-order valence-corrected chi connectivity index (χ2v) is 8.05. The summed E-state index contributed by atoms with van der Waals surface area (Å²) in [5, 5.41) is 14.0. The topological polar surface area (TPSA) is 50.3 Å². The van der Waals surface area contributed by atoms with Gasteiger partial charge >= 0.3 is 0 Å². The van der Waals surface area contributed by atoms with Crippen molar-refractivity contribution in [1.29, 1.82) is 5.26 Å². The minimum atomic E-state index is -0.289. The highest BCUT2D eigenvalue weighted by Crippen LogP contribution is 2.31. The van der Waals surface area contributed by atoms with Crippen molar-refractivity contribution in [3.63, 3.8) is 0 Å². The lowest BCUT2D eigenvalue weighted by Gasteiger charge is -2.13. The van der Waals surface area contributed by atoms with Crippen LogP contribution in [0.15, 0.2) is 84.0 Å². The maximum atomic E-state index is 13.5. The number of benzene rings is 3. The number of hydrogen-bond donors (Lipinski definition) is 0. The first-order chi connectivity index (χ1) is 16.0. The number of hydrogen-bond acceptors (Lipinski definition) is 3. The first-order valence-corrected chi connectivity index (χ1v) is 10.7. The molecule has 0 amide bonds. The van der Waals surface area contributed by atoms with Gasteiger partial charge < -0.3 is 9.40 Å². The maximum Gasteiger partial charge on any atom is 0.142 e. The van der Waals surface area contributed by atoms with Gasteiger partial charge in [0.1, 0.15) is 12.4 Å². The van der Waals surface area contributed by atoms with E-state index in [1.165, 1.54) is 12.1 Å². The smallest absolute Gasteiger partial charge is 0.142 e. The van der Waals surface area contributed by atoms with Gasteiger partial charge in [0.05, 0.1) is 23.0 Å². The number of nitriles is 1. The fourth-order valence-corrected chi connectivity index (χ4v) is 3.92. The minimum Gasteiger partial charge on any atom is -0.391 e. The van der Waals surface area contributed by atoms with Crippen LogP contribution in [-0.2, 0) is 11.4 Å². The molecule has 1 heterocycles. The van der Waals surface area contributed by atoms with Crippen LogP contribution in [0.2, 0.25) is 5.02 Å². The molecule has 4 rings (SSSR count). The molecule has 4 nitrogen and oxygen atoms in total. The molecular weight excluding hydrogens is 437 g/mol. The summed E-state index contributed by atoms with van der Waals surface area (Å²) in [7, 11) is 0. The Balaban J connectivity index is 1.70. The molecule has 0 atom stereocenters. The number of nitrogens with zero attached hydrogens (tertiary/aromatic N) is 3. The summed E-state index contributed by atoms with van der Waals surface area (Å²) in [4.78, 5) is 5.58. The molecule has 0 bridgehead atoms. The Morgan fingerprint density at radius 3 is 2.55 bits per heavy atom. The summed E-state index contributed by atoms with van der Waals surface area (Å²) in [5.41, 5.74) is 6.66. The summed E-state index contributed by atoms with van der Waals surface area (Å²) in [5.74, 6) is -0.289. The van der Waals surface area contributed by atoms with Crippen LogP contribution in [-0.4, -0.2) is 10.3 Å². The summed E-state index contributed by atoms with van der Waals surface area (Å²) in [6.45, 7) is 4.13. The van der Waals surface area contributed by atoms with Crippen LogP contribution >= 0.6 is 11.6 Å². The van der Waals surface area contributed by atoms with Crippen molar-refractivity contribution in [2.45, 2.75) is 20.5 Å². The number of oxime groups is 1. The molecule has 0 unspecified atom stereocenters. The summed E-state index contributed by atoms with van der Waals surface area (Å²) in [6.07, 6.45) is 0. The lowest BCUT2D eigenvalue weighted by atomic mass is 10.1. The first-order valence-electron chi connectivity index (χ1n) is 10.4. The lowest BCUT2D eigenvalue weighted by molar-refractivity contribution is 0.130. The van der Waals surface area contributed by atoms with Gasteiger partial charge in [0.15, 0.2) is 0 Å². The van der Waals surface area contributed by atoms with E-state index in [-0.39, 0.29) is 12.4 Å². The lowest BCUT2D eigenvalue weighted by Crippen LogP contribution is -2.02. The van der Waals surface area contributed by atoms with Crippen LogP contribution in [0.3, 0.4) is 0 Å². The monoisotopic (exact) mass is 457 g/mol. The van der Waals surface area contributed by atoms with Gasteiger partial charge in [-0.15, -0.1) is 0 Å². The standard InChI is InChI=1S/C27H21ClFN3O/c1-18(31-33-17-21-6-3-5-20(13-21)16-30)26-15-27(22-9-11-24(29)12-10-22)32(19(26)2)25-8-4-7-23(28)14-25/h3-15H,17H2,1-2H3/b31-18-. The molecule has 0 saturated heterocycles. The number of halogens is 2. The molecule has 0 aliphatic heterocycles. The molecule has 6 heteroatoms. The van der Waals surface area contributed by atoms with Crippen LogP contribution in [0, 0.1) is 24.1 Å². The molecule has 4 aromatic rings. The molecule has 33 heavy (non-hydrogen) atoms. The molecule has 0 aliphatic rings. The molecule has 0 aliphatic carbocycles. The Kier molecular flexibility index (Phi) is 6.58. The largest absolute Gasteiger partial charge is 0.391 e. The SMILES string of the molecule is C/C(=N/OCc1cccc(C#N)c1)c1cc(-c2ccc(F)cc2)n(-c2cccc(Cl)c2)c1C. The Morgan fingerprint density at radius 1 is 1.06 bits per heavy atom. The third-order valence-corrected chi connectivity index (χ3v) is 5.57. The van der Waals surface area contributed by atoms with E-state index in [0.29, 0.717) is 16.3 Å². The highest BCUT2D eigenvalue weighted by atomic mass is 35.5. The molecule has 0 radical (unpaired) electrons. The highest BCUT2D eigenvalue weighted by molar-refractivity contribution is 6.30. The summed E-state index contributed by atoms with van der Waals surface area (Å²) >= 11 is 6.26. The quantitative estimate of drug-likeness (QED) is 0.230. The van der Waals surface area contributed by atoms with Crippen LogP contribution in [0.25, 0.3) is 16.9 Å².